The summed E-state index contributed by atoms with van der Waals surface area (Å²) in [7, 11) is 1.53. The highest BCUT2D eigenvalue weighted by Crippen LogP contribution is 2.28. The molecule has 0 aliphatic carbocycles. The first-order valence-electron chi connectivity index (χ1n) is 8.52. The molecule has 25 heavy (non-hydrogen) atoms. The van der Waals surface area contributed by atoms with E-state index in [2.05, 4.69) is 24.5 Å². The van der Waals surface area contributed by atoms with Crippen LogP contribution in [0.25, 0.3) is 0 Å². The van der Waals surface area contributed by atoms with Crippen LogP contribution in [0.2, 0.25) is 0 Å². The number of carbonyl (C=O) groups is 2. The number of amides is 2. The van der Waals surface area contributed by atoms with Crippen LogP contribution in [0, 0.1) is 5.92 Å². The molecule has 0 unspecified atom stereocenters. The minimum atomic E-state index is -0.337. The lowest BCUT2D eigenvalue weighted by Crippen LogP contribution is -2.45. The van der Waals surface area contributed by atoms with Crippen LogP contribution in [0.1, 0.15) is 51.4 Å². The molecule has 0 spiro atoms. The lowest BCUT2D eigenvalue weighted by atomic mass is 10.1. The Morgan fingerprint density at radius 1 is 1.16 bits per heavy atom. The van der Waals surface area contributed by atoms with Crippen molar-refractivity contribution in [1.82, 2.24) is 10.6 Å². The SMILES string of the molecule is COc1cc(C(=O)NCC(=O)NC(C)(C)C)ccc1OCCC(C)C. The molecule has 6 nitrogen and oxygen atoms in total. The quantitative estimate of drug-likeness (QED) is 0.756. The Labute approximate surface area is 150 Å². The first kappa shape index (κ1) is 20.8. The lowest BCUT2D eigenvalue weighted by molar-refractivity contribution is -0.121. The summed E-state index contributed by atoms with van der Waals surface area (Å²) in [6, 6.07) is 4.98. The second-order valence-electron chi connectivity index (χ2n) is 7.38. The summed E-state index contributed by atoms with van der Waals surface area (Å²) < 4.78 is 11.0. The highest BCUT2D eigenvalue weighted by Gasteiger charge is 2.16. The number of hydrogen-bond donors (Lipinski definition) is 2. The number of nitrogens with one attached hydrogen (secondary N) is 2. The van der Waals surface area contributed by atoms with Gasteiger partial charge in [-0.2, -0.15) is 0 Å². The first-order chi connectivity index (χ1) is 11.6. The summed E-state index contributed by atoms with van der Waals surface area (Å²) in [6.07, 6.45) is 0.939. The highest BCUT2D eigenvalue weighted by atomic mass is 16.5. The molecule has 0 radical (unpaired) electrons. The van der Waals surface area contributed by atoms with Crippen LogP contribution in [0.4, 0.5) is 0 Å². The molecule has 2 N–H and O–H groups in total. The van der Waals surface area contributed by atoms with E-state index in [1.165, 1.54) is 7.11 Å². The van der Waals surface area contributed by atoms with Crippen molar-refractivity contribution in [3.8, 4) is 11.5 Å². The molecule has 0 aliphatic heterocycles. The van der Waals surface area contributed by atoms with Crippen molar-refractivity contribution in [3.05, 3.63) is 23.8 Å². The van der Waals surface area contributed by atoms with E-state index in [-0.39, 0.29) is 23.9 Å². The second-order valence-corrected chi connectivity index (χ2v) is 7.38. The number of ether oxygens (including phenoxy) is 2. The first-order valence-corrected chi connectivity index (χ1v) is 8.52. The Morgan fingerprint density at radius 2 is 1.84 bits per heavy atom. The van der Waals surface area contributed by atoms with Gasteiger partial charge in [0.15, 0.2) is 11.5 Å². The zero-order valence-electron chi connectivity index (χ0n) is 16.1. The molecule has 1 rings (SSSR count). The third-order valence-electron chi connectivity index (χ3n) is 3.30. The van der Waals surface area contributed by atoms with Crippen LogP contribution < -0.4 is 20.1 Å². The number of hydrogen-bond acceptors (Lipinski definition) is 4. The van der Waals surface area contributed by atoms with Gasteiger partial charge < -0.3 is 20.1 Å². The van der Waals surface area contributed by atoms with Crippen LogP contribution in [-0.2, 0) is 4.79 Å². The molecule has 0 aromatic heterocycles. The van der Waals surface area contributed by atoms with Crippen molar-refractivity contribution in [2.45, 2.75) is 46.6 Å². The van der Waals surface area contributed by atoms with Gasteiger partial charge in [0.05, 0.1) is 20.3 Å². The molecule has 0 heterocycles. The molecule has 140 valence electrons. The summed E-state index contributed by atoms with van der Waals surface area (Å²) in [5.41, 5.74) is 0.0802. The molecule has 1 aromatic rings. The lowest BCUT2D eigenvalue weighted by Gasteiger charge is -2.20. The maximum atomic E-state index is 12.2. The smallest absolute Gasteiger partial charge is 0.251 e. The molecule has 0 aliphatic rings. The average Bonchev–Trinajstić information content (AvgIpc) is 2.50. The van der Waals surface area contributed by atoms with E-state index >= 15 is 0 Å². The van der Waals surface area contributed by atoms with E-state index in [0.717, 1.165) is 6.42 Å². The van der Waals surface area contributed by atoms with Gasteiger partial charge in [-0.15, -0.1) is 0 Å². The molecular weight excluding hydrogens is 320 g/mol. The Hall–Kier alpha value is -2.24. The van der Waals surface area contributed by atoms with Crippen molar-refractivity contribution in [1.29, 1.82) is 0 Å². The molecule has 0 saturated heterocycles. The van der Waals surface area contributed by atoms with E-state index in [0.29, 0.717) is 29.6 Å². The van der Waals surface area contributed by atoms with Crippen LogP contribution in [0.5, 0.6) is 11.5 Å². The standard InChI is InChI=1S/C19H30N2O4/c1-13(2)9-10-25-15-8-7-14(11-16(15)24-6)18(23)20-12-17(22)21-19(3,4)5/h7-8,11,13H,9-10,12H2,1-6H3,(H,20,23)(H,21,22). The number of benzene rings is 1. The molecule has 0 bridgehead atoms. The minimum absolute atomic E-state index is 0.0783. The van der Waals surface area contributed by atoms with E-state index in [1.54, 1.807) is 18.2 Å². The summed E-state index contributed by atoms with van der Waals surface area (Å²) >= 11 is 0. The van der Waals surface area contributed by atoms with Crippen molar-refractivity contribution in [2.24, 2.45) is 5.92 Å². The Kier molecular flexibility index (Phi) is 7.74. The van der Waals surface area contributed by atoms with E-state index in [9.17, 15) is 9.59 Å². The molecule has 1 aromatic carbocycles. The Balaban J connectivity index is 2.65. The summed E-state index contributed by atoms with van der Waals surface area (Å²) in [5.74, 6) is 1.08. The van der Waals surface area contributed by atoms with Gasteiger partial charge in [0.2, 0.25) is 5.91 Å². The Bertz CT molecular complexity index is 592. The topological polar surface area (TPSA) is 76.7 Å². The second kappa shape index (κ2) is 9.30. The fourth-order valence-electron chi connectivity index (χ4n) is 2.06. The van der Waals surface area contributed by atoms with Crippen molar-refractivity contribution >= 4 is 11.8 Å². The minimum Gasteiger partial charge on any atom is -0.493 e. The maximum Gasteiger partial charge on any atom is 0.251 e. The van der Waals surface area contributed by atoms with Gasteiger partial charge in [-0.3, -0.25) is 9.59 Å². The zero-order valence-corrected chi connectivity index (χ0v) is 16.1. The summed E-state index contributed by atoms with van der Waals surface area (Å²) in [4.78, 5) is 24.0. The molecule has 0 saturated carbocycles. The van der Waals surface area contributed by atoms with Gasteiger partial charge in [0, 0.05) is 11.1 Å². The third-order valence-corrected chi connectivity index (χ3v) is 3.30. The van der Waals surface area contributed by atoms with E-state index in [1.807, 2.05) is 20.8 Å². The number of methoxy groups -OCH3 is 1. The van der Waals surface area contributed by atoms with Crippen LogP contribution in [0.15, 0.2) is 18.2 Å². The molecule has 0 fully saturated rings. The van der Waals surface area contributed by atoms with E-state index in [4.69, 9.17) is 9.47 Å². The van der Waals surface area contributed by atoms with Gasteiger partial charge in [0.1, 0.15) is 0 Å². The fraction of sp³-hybridized carbons (Fsp3) is 0.579. The predicted octanol–water partition coefficient (Wildman–Crippen LogP) is 2.76. The third kappa shape index (κ3) is 7.92. The van der Waals surface area contributed by atoms with Crippen LogP contribution in [0.3, 0.4) is 0 Å². The van der Waals surface area contributed by atoms with Gasteiger partial charge in [-0.05, 0) is 51.3 Å². The van der Waals surface area contributed by atoms with Gasteiger partial charge in [-0.1, -0.05) is 13.8 Å². The average molecular weight is 350 g/mol. The molecule has 2 amide bonds. The van der Waals surface area contributed by atoms with Gasteiger partial charge in [-0.25, -0.2) is 0 Å². The fourth-order valence-corrected chi connectivity index (χ4v) is 2.06. The van der Waals surface area contributed by atoms with Crippen LogP contribution in [-0.4, -0.2) is 37.6 Å². The molecule has 0 atom stereocenters. The van der Waals surface area contributed by atoms with E-state index < -0.39 is 0 Å². The number of carbonyl (C=O) groups excluding carboxylic acids is 2. The Morgan fingerprint density at radius 3 is 2.40 bits per heavy atom. The maximum absolute atomic E-state index is 12.2. The molecule has 6 heteroatoms. The summed E-state index contributed by atoms with van der Waals surface area (Å²) in [5, 5.41) is 5.39. The molecular formula is C19H30N2O4. The normalized spacial score (nSPS) is 11.2. The van der Waals surface area contributed by atoms with Gasteiger partial charge >= 0.3 is 0 Å². The predicted molar refractivity (Wildman–Crippen MR) is 98.2 cm³/mol. The van der Waals surface area contributed by atoms with Crippen LogP contribution >= 0.6 is 0 Å². The van der Waals surface area contributed by atoms with Gasteiger partial charge in [0.25, 0.3) is 5.91 Å². The van der Waals surface area contributed by atoms with Crippen molar-refractivity contribution < 1.29 is 19.1 Å². The van der Waals surface area contributed by atoms with Crippen molar-refractivity contribution in [2.75, 3.05) is 20.3 Å². The summed E-state index contributed by atoms with van der Waals surface area (Å²) in [6.45, 7) is 10.4. The zero-order chi connectivity index (χ0) is 19.0. The largest absolute Gasteiger partial charge is 0.493 e. The monoisotopic (exact) mass is 350 g/mol. The number of rotatable bonds is 8. The van der Waals surface area contributed by atoms with Crippen molar-refractivity contribution in [3.63, 3.8) is 0 Å². The highest BCUT2D eigenvalue weighted by molar-refractivity contribution is 5.97.